The SMILES string of the molecule is COc1ccc(Nc2nc(C)c(Cc3ccccc3)c(=O)[nH]2)cc1. The Kier molecular flexibility index (Phi) is 4.61. The maximum absolute atomic E-state index is 12.4. The molecular weight excluding hydrogens is 302 g/mol. The highest BCUT2D eigenvalue weighted by molar-refractivity contribution is 5.54. The van der Waals surface area contributed by atoms with Gasteiger partial charge < -0.3 is 10.1 Å². The lowest BCUT2D eigenvalue weighted by molar-refractivity contribution is 0.415. The number of aromatic nitrogens is 2. The Hall–Kier alpha value is -3.08. The predicted molar refractivity (Wildman–Crippen MR) is 95.1 cm³/mol. The molecule has 5 nitrogen and oxygen atoms in total. The first-order valence-electron chi connectivity index (χ1n) is 7.70. The maximum atomic E-state index is 12.4. The van der Waals surface area contributed by atoms with E-state index in [0.29, 0.717) is 17.9 Å². The van der Waals surface area contributed by atoms with Crippen LogP contribution in [-0.2, 0) is 6.42 Å². The third-order valence-electron chi connectivity index (χ3n) is 3.80. The first kappa shape index (κ1) is 15.8. The van der Waals surface area contributed by atoms with E-state index < -0.39 is 0 Å². The lowest BCUT2D eigenvalue weighted by atomic mass is 10.1. The van der Waals surface area contributed by atoms with E-state index in [2.05, 4.69) is 15.3 Å². The van der Waals surface area contributed by atoms with Gasteiger partial charge in [-0.2, -0.15) is 0 Å². The molecule has 0 radical (unpaired) electrons. The van der Waals surface area contributed by atoms with Crippen LogP contribution in [0.1, 0.15) is 16.8 Å². The van der Waals surface area contributed by atoms with Crippen LogP contribution in [0.25, 0.3) is 0 Å². The molecule has 0 aliphatic heterocycles. The van der Waals surface area contributed by atoms with E-state index in [1.165, 1.54) is 0 Å². The molecule has 24 heavy (non-hydrogen) atoms. The monoisotopic (exact) mass is 321 g/mol. The Bertz CT molecular complexity index is 871. The molecule has 1 aromatic heterocycles. The fourth-order valence-corrected chi connectivity index (χ4v) is 2.49. The van der Waals surface area contributed by atoms with Crippen LogP contribution in [0.4, 0.5) is 11.6 Å². The van der Waals surface area contributed by atoms with Crippen molar-refractivity contribution < 1.29 is 4.74 Å². The summed E-state index contributed by atoms with van der Waals surface area (Å²) in [6, 6.07) is 17.3. The van der Waals surface area contributed by atoms with E-state index in [1.807, 2.05) is 61.5 Å². The molecule has 1 heterocycles. The van der Waals surface area contributed by atoms with Gasteiger partial charge in [0.1, 0.15) is 5.75 Å². The molecule has 0 atom stereocenters. The largest absolute Gasteiger partial charge is 0.497 e. The van der Waals surface area contributed by atoms with E-state index in [0.717, 1.165) is 22.7 Å². The minimum atomic E-state index is -0.123. The van der Waals surface area contributed by atoms with Crippen molar-refractivity contribution in [1.29, 1.82) is 0 Å². The van der Waals surface area contributed by atoms with Gasteiger partial charge in [-0.1, -0.05) is 30.3 Å². The molecular formula is C19H19N3O2. The highest BCUT2D eigenvalue weighted by Crippen LogP contribution is 2.18. The second-order valence-electron chi connectivity index (χ2n) is 5.49. The molecule has 0 saturated heterocycles. The van der Waals surface area contributed by atoms with Gasteiger partial charge in [-0.25, -0.2) is 4.98 Å². The second kappa shape index (κ2) is 7.00. The molecule has 0 aliphatic rings. The summed E-state index contributed by atoms with van der Waals surface area (Å²) in [5.41, 5.74) is 3.19. The number of hydrogen-bond donors (Lipinski definition) is 2. The van der Waals surface area contributed by atoms with Gasteiger partial charge in [-0.05, 0) is 36.8 Å². The minimum Gasteiger partial charge on any atom is -0.497 e. The zero-order chi connectivity index (χ0) is 16.9. The van der Waals surface area contributed by atoms with E-state index in [1.54, 1.807) is 7.11 Å². The van der Waals surface area contributed by atoms with Crippen LogP contribution in [0.2, 0.25) is 0 Å². The quantitative estimate of drug-likeness (QED) is 0.755. The highest BCUT2D eigenvalue weighted by atomic mass is 16.5. The van der Waals surface area contributed by atoms with Gasteiger partial charge in [0, 0.05) is 17.7 Å². The number of hydrogen-bond acceptors (Lipinski definition) is 4. The van der Waals surface area contributed by atoms with Crippen LogP contribution in [0.5, 0.6) is 5.75 Å². The number of H-pyrrole nitrogens is 1. The van der Waals surface area contributed by atoms with Crippen LogP contribution in [0.3, 0.4) is 0 Å². The second-order valence-corrected chi connectivity index (χ2v) is 5.49. The molecule has 5 heteroatoms. The minimum absolute atomic E-state index is 0.123. The summed E-state index contributed by atoms with van der Waals surface area (Å²) in [4.78, 5) is 19.7. The van der Waals surface area contributed by atoms with Gasteiger partial charge in [0.25, 0.3) is 5.56 Å². The summed E-state index contributed by atoms with van der Waals surface area (Å²) in [6.45, 7) is 1.85. The number of methoxy groups -OCH3 is 1. The number of ether oxygens (including phenoxy) is 1. The van der Waals surface area contributed by atoms with Gasteiger partial charge >= 0.3 is 0 Å². The normalized spacial score (nSPS) is 10.4. The standard InChI is InChI=1S/C19H19N3O2/c1-13-17(12-14-6-4-3-5-7-14)18(23)22-19(20-13)21-15-8-10-16(24-2)11-9-15/h3-11H,12H2,1-2H3,(H2,20,21,22,23). The summed E-state index contributed by atoms with van der Waals surface area (Å²) in [7, 11) is 1.62. The number of aryl methyl sites for hydroxylation is 1. The zero-order valence-corrected chi connectivity index (χ0v) is 13.7. The van der Waals surface area contributed by atoms with Crippen LogP contribution in [0.15, 0.2) is 59.4 Å². The van der Waals surface area contributed by atoms with E-state index in [-0.39, 0.29) is 5.56 Å². The number of benzene rings is 2. The van der Waals surface area contributed by atoms with Crippen molar-refractivity contribution >= 4 is 11.6 Å². The smallest absolute Gasteiger partial charge is 0.256 e. The third-order valence-corrected chi connectivity index (χ3v) is 3.80. The fourth-order valence-electron chi connectivity index (χ4n) is 2.49. The van der Waals surface area contributed by atoms with Crippen LogP contribution in [-0.4, -0.2) is 17.1 Å². The van der Waals surface area contributed by atoms with Crippen LogP contribution >= 0.6 is 0 Å². The van der Waals surface area contributed by atoms with Crippen LogP contribution < -0.4 is 15.6 Å². The topological polar surface area (TPSA) is 67.0 Å². The average molecular weight is 321 g/mol. The Morgan fingerprint density at radius 1 is 1.08 bits per heavy atom. The van der Waals surface area contributed by atoms with E-state index in [4.69, 9.17) is 4.74 Å². The van der Waals surface area contributed by atoms with Crippen molar-refractivity contribution in [3.05, 3.63) is 81.8 Å². The molecule has 2 N–H and O–H groups in total. The molecule has 0 spiro atoms. The number of anilines is 2. The average Bonchev–Trinajstić information content (AvgIpc) is 2.60. The maximum Gasteiger partial charge on any atom is 0.256 e. The molecule has 2 aromatic carbocycles. The van der Waals surface area contributed by atoms with Gasteiger partial charge in [-0.3, -0.25) is 9.78 Å². The lowest BCUT2D eigenvalue weighted by Gasteiger charge is -2.10. The summed E-state index contributed by atoms with van der Waals surface area (Å²) >= 11 is 0. The highest BCUT2D eigenvalue weighted by Gasteiger charge is 2.09. The van der Waals surface area contributed by atoms with Crippen molar-refractivity contribution in [3.8, 4) is 5.75 Å². The van der Waals surface area contributed by atoms with Crippen molar-refractivity contribution in [3.63, 3.8) is 0 Å². The molecule has 0 aliphatic carbocycles. The van der Waals surface area contributed by atoms with Crippen molar-refractivity contribution in [2.75, 3.05) is 12.4 Å². The number of nitrogens with one attached hydrogen (secondary N) is 2. The Morgan fingerprint density at radius 3 is 2.42 bits per heavy atom. The molecule has 0 unspecified atom stereocenters. The molecule has 0 saturated carbocycles. The van der Waals surface area contributed by atoms with Crippen molar-refractivity contribution in [2.45, 2.75) is 13.3 Å². The number of nitrogens with zero attached hydrogens (tertiary/aromatic N) is 1. The summed E-state index contributed by atoms with van der Waals surface area (Å²) in [5.74, 6) is 1.20. The first-order chi connectivity index (χ1) is 11.7. The molecule has 0 bridgehead atoms. The first-order valence-corrected chi connectivity index (χ1v) is 7.70. The third kappa shape index (κ3) is 3.63. The Labute approximate surface area is 140 Å². The molecule has 0 amide bonds. The number of rotatable bonds is 5. The van der Waals surface area contributed by atoms with Gasteiger partial charge in [-0.15, -0.1) is 0 Å². The summed E-state index contributed by atoms with van der Waals surface area (Å²) < 4.78 is 5.13. The number of aromatic amines is 1. The Balaban J connectivity index is 1.82. The molecule has 0 fully saturated rings. The molecule has 3 rings (SSSR count). The van der Waals surface area contributed by atoms with Crippen LogP contribution in [0, 0.1) is 6.92 Å². The summed E-state index contributed by atoms with van der Waals surface area (Å²) in [6.07, 6.45) is 0.567. The molecule has 122 valence electrons. The van der Waals surface area contributed by atoms with Gasteiger partial charge in [0.15, 0.2) is 0 Å². The predicted octanol–water partition coefficient (Wildman–Crippen LogP) is 3.42. The Morgan fingerprint density at radius 2 is 1.79 bits per heavy atom. The summed E-state index contributed by atoms with van der Waals surface area (Å²) in [5, 5.41) is 3.11. The van der Waals surface area contributed by atoms with E-state index >= 15 is 0 Å². The lowest BCUT2D eigenvalue weighted by Crippen LogP contribution is -2.18. The zero-order valence-electron chi connectivity index (χ0n) is 13.7. The van der Waals surface area contributed by atoms with Gasteiger partial charge in [0.2, 0.25) is 5.95 Å². The van der Waals surface area contributed by atoms with Crippen molar-refractivity contribution in [2.24, 2.45) is 0 Å². The molecule has 3 aromatic rings. The van der Waals surface area contributed by atoms with Crippen molar-refractivity contribution in [1.82, 2.24) is 9.97 Å². The van der Waals surface area contributed by atoms with E-state index in [9.17, 15) is 4.79 Å². The van der Waals surface area contributed by atoms with Gasteiger partial charge in [0.05, 0.1) is 12.8 Å². The fraction of sp³-hybridized carbons (Fsp3) is 0.158.